The number of ether oxygens (including phenoxy) is 2. The Hall–Kier alpha value is -3.61. The van der Waals surface area contributed by atoms with E-state index in [0.717, 1.165) is 5.56 Å². The van der Waals surface area contributed by atoms with Gasteiger partial charge in [0.2, 0.25) is 5.91 Å². The number of carbonyl (C=O) groups excluding carboxylic acids is 1. The van der Waals surface area contributed by atoms with Gasteiger partial charge in [0.25, 0.3) is 5.56 Å². The van der Waals surface area contributed by atoms with Crippen molar-refractivity contribution in [3.63, 3.8) is 0 Å². The first-order chi connectivity index (χ1) is 14.1. The van der Waals surface area contributed by atoms with E-state index in [1.165, 1.54) is 17.9 Å². The minimum absolute atomic E-state index is 0.343. The first-order valence-corrected chi connectivity index (χ1v) is 9.25. The molecule has 150 valence electrons. The quantitative estimate of drug-likeness (QED) is 0.664. The van der Waals surface area contributed by atoms with Crippen LogP contribution in [0.5, 0.6) is 11.5 Å². The van der Waals surface area contributed by atoms with E-state index in [0.29, 0.717) is 29.3 Å². The maximum atomic E-state index is 13.0. The molecule has 0 unspecified atom stereocenters. The Balaban J connectivity index is 1.94. The van der Waals surface area contributed by atoms with Gasteiger partial charge < -0.3 is 14.8 Å². The molecule has 29 heavy (non-hydrogen) atoms. The predicted octanol–water partition coefficient (Wildman–Crippen LogP) is 3.52. The van der Waals surface area contributed by atoms with Gasteiger partial charge >= 0.3 is 0 Å². The lowest BCUT2D eigenvalue weighted by molar-refractivity contribution is -0.119. The third-order valence-electron chi connectivity index (χ3n) is 4.54. The van der Waals surface area contributed by atoms with E-state index < -0.39 is 6.04 Å². The largest absolute Gasteiger partial charge is 0.497 e. The molecule has 1 aromatic heterocycles. The van der Waals surface area contributed by atoms with Crippen molar-refractivity contribution in [1.82, 2.24) is 9.78 Å². The third-order valence-corrected chi connectivity index (χ3v) is 4.54. The molecular weight excluding hydrogens is 370 g/mol. The van der Waals surface area contributed by atoms with Crippen LogP contribution < -0.4 is 20.3 Å². The number of hydrogen-bond acceptors (Lipinski definition) is 5. The zero-order valence-electron chi connectivity index (χ0n) is 16.6. The Bertz CT molecular complexity index is 1050. The monoisotopic (exact) mass is 393 g/mol. The van der Waals surface area contributed by atoms with Crippen LogP contribution in [0.4, 0.5) is 5.69 Å². The van der Waals surface area contributed by atoms with Crippen molar-refractivity contribution < 1.29 is 14.3 Å². The van der Waals surface area contributed by atoms with Gasteiger partial charge in [-0.15, -0.1) is 0 Å². The highest BCUT2D eigenvalue weighted by Gasteiger charge is 2.23. The van der Waals surface area contributed by atoms with Gasteiger partial charge in [-0.3, -0.25) is 9.59 Å². The summed E-state index contributed by atoms with van der Waals surface area (Å²) in [5.41, 5.74) is 1.60. The molecule has 7 heteroatoms. The highest BCUT2D eigenvalue weighted by molar-refractivity contribution is 5.95. The van der Waals surface area contributed by atoms with Gasteiger partial charge in [0.15, 0.2) is 0 Å². The first-order valence-electron chi connectivity index (χ1n) is 9.25. The highest BCUT2D eigenvalue weighted by Crippen LogP contribution is 2.29. The molecule has 1 amide bonds. The Morgan fingerprint density at radius 1 is 1.07 bits per heavy atom. The minimum Gasteiger partial charge on any atom is -0.497 e. The van der Waals surface area contributed by atoms with Gasteiger partial charge in [0.05, 0.1) is 25.6 Å². The summed E-state index contributed by atoms with van der Waals surface area (Å²) in [6, 6.07) is 16.9. The summed E-state index contributed by atoms with van der Waals surface area (Å²) in [5.74, 6) is 0.710. The van der Waals surface area contributed by atoms with E-state index in [-0.39, 0.29) is 11.5 Å². The summed E-state index contributed by atoms with van der Waals surface area (Å²) in [6.45, 7) is 1.83. The summed E-state index contributed by atoms with van der Waals surface area (Å²) < 4.78 is 11.8. The zero-order valence-corrected chi connectivity index (χ0v) is 16.6. The fourth-order valence-electron chi connectivity index (χ4n) is 3.01. The summed E-state index contributed by atoms with van der Waals surface area (Å²) in [5, 5.41) is 7.27. The van der Waals surface area contributed by atoms with Crippen LogP contribution in [0.25, 0.3) is 11.3 Å². The SMILES string of the molecule is CC[C@H](C(=O)Nc1cc(OC)ccc1OC)n1nc(-c2ccccc2)ccc1=O. The zero-order chi connectivity index (χ0) is 20.8. The van der Waals surface area contributed by atoms with Gasteiger partial charge in [-0.2, -0.15) is 5.10 Å². The number of aromatic nitrogens is 2. The number of benzene rings is 2. The molecule has 0 fully saturated rings. The van der Waals surface area contributed by atoms with E-state index in [1.807, 2.05) is 37.3 Å². The summed E-state index contributed by atoms with van der Waals surface area (Å²) in [4.78, 5) is 25.5. The lowest BCUT2D eigenvalue weighted by atomic mass is 10.1. The topological polar surface area (TPSA) is 82.4 Å². The number of hydrogen-bond donors (Lipinski definition) is 1. The number of nitrogens with one attached hydrogen (secondary N) is 1. The molecule has 0 aliphatic carbocycles. The molecule has 1 atom stereocenters. The second-order valence-corrected chi connectivity index (χ2v) is 6.35. The molecule has 7 nitrogen and oxygen atoms in total. The van der Waals surface area contributed by atoms with Crippen molar-refractivity contribution >= 4 is 11.6 Å². The fraction of sp³-hybridized carbons (Fsp3) is 0.227. The smallest absolute Gasteiger partial charge is 0.267 e. The van der Waals surface area contributed by atoms with Crippen LogP contribution in [0.15, 0.2) is 65.5 Å². The predicted molar refractivity (Wildman–Crippen MR) is 111 cm³/mol. The number of amides is 1. The molecule has 3 aromatic rings. The Labute approximate surface area is 168 Å². The molecule has 2 aromatic carbocycles. The average Bonchev–Trinajstić information content (AvgIpc) is 2.76. The minimum atomic E-state index is -0.776. The van der Waals surface area contributed by atoms with Crippen LogP contribution in [0, 0.1) is 0 Å². The number of methoxy groups -OCH3 is 2. The second-order valence-electron chi connectivity index (χ2n) is 6.35. The molecule has 0 saturated heterocycles. The van der Waals surface area contributed by atoms with Crippen LogP contribution in [0.3, 0.4) is 0 Å². The number of nitrogens with zero attached hydrogens (tertiary/aromatic N) is 2. The first kappa shape index (κ1) is 20.1. The molecule has 0 radical (unpaired) electrons. The van der Waals surface area contributed by atoms with Gasteiger partial charge in [0, 0.05) is 17.7 Å². The van der Waals surface area contributed by atoms with Crippen LogP contribution in [-0.2, 0) is 4.79 Å². The molecule has 0 aliphatic rings. The lowest BCUT2D eigenvalue weighted by Gasteiger charge is -2.19. The van der Waals surface area contributed by atoms with Crippen molar-refractivity contribution in [2.75, 3.05) is 19.5 Å². The average molecular weight is 393 g/mol. The second kappa shape index (κ2) is 9.05. The fourth-order valence-corrected chi connectivity index (χ4v) is 3.01. The van der Waals surface area contributed by atoms with Gasteiger partial charge in [0.1, 0.15) is 17.5 Å². The normalized spacial score (nSPS) is 11.6. The molecule has 1 N–H and O–H groups in total. The Morgan fingerprint density at radius 3 is 2.48 bits per heavy atom. The number of carbonyl (C=O) groups is 1. The van der Waals surface area contributed by atoms with Crippen LogP contribution in [0.1, 0.15) is 19.4 Å². The molecule has 1 heterocycles. The van der Waals surface area contributed by atoms with Crippen molar-refractivity contribution in [3.8, 4) is 22.8 Å². The highest BCUT2D eigenvalue weighted by atomic mass is 16.5. The standard InChI is InChI=1S/C22H23N3O4/c1-4-19(22(27)23-18-14-16(28-2)10-12-20(18)29-3)25-21(26)13-11-17(24-25)15-8-6-5-7-9-15/h5-14,19H,4H2,1-3H3,(H,23,27)/t19-/m1/s1. The molecular formula is C22H23N3O4. The summed E-state index contributed by atoms with van der Waals surface area (Å²) in [6.07, 6.45) is 0.392. The maximum absolute atomic E-state index is 13.0. The number of anilines is 1. The summed E-state index contributed by atoms with van der Waals surface area (Å²) in [7, 11) is 3.06. The Morgan fingerprint density at radius 2 is 1.83 bits per heavy atom. The van der Waals surface area contributed by atoms with E-state index in [2.05, 4.69) is 10.4 Å². The lowest BCUT2D eigenvalue weighted by Crippen LogP contribution is -2.34. The van der Waals surface area contributed by atoms with Crippen molar-refractivity contribution in [3.05, 3.63) is 71.0 Å². The van der Waals surface area contributed by atoms with E-state index in [4.69, 9.17) is 9.47 Å². The van der Waals surface area contributed by atoms with Crippen LogP contribution >= 0.6 is 0 Å². The number of rotatable bonds is 7. The van der Waals surface area contributed by atoms with E-state index in [1.54, 1.807) is 31.4 Å². The third kappa shape index (κ3) is 4.45. The van der Waals surface area contributed by atoms with Crippen LogP contribution in [-0.4, -0.2) is 29.9 Å². The van der Waals surface area contributed by atoms with Crippen LogP contribution in [0.2, 0.25) is 0 Å². The molecule has 0 aliphatic heterocycles. The van der Waals surface area contributed by atoms with Gasteiger partial charge in [-0.25, -0.2) is 4.68 Å². The van der Waals surface area contributed by atoms with Crippen molar-refractivity contribution in [2.45, 2.75) is 19.4 Å². The van der Waals surface area contributed by atoms with Crippen molar-refractivity contribution in [2.24, 2.45) is 0 Å². The molecule has 0 saturated carbocycles. The van der Waals surface area contributed by atoms with Gasteiger partial charge in [-0.05, 0) is 24.6 Å². The van der Waals surface area contributed by atoms with E-state index in [9.17, 15) is 9.59 Å². The molecule has 3 rings (SSSR count). The Kier molecular flexibility index (Phi) is 6.29. The van der Waals surface area contributed by atoms with Gasteiger partial charge in [-0.1, -0.05) is 37.3 Å². The summed E-state index contributed by atoms with van der Waals surface area (Å²) >= 11 is 0. The van der Waals surface area contributed by atoms with Crippen molar-refractivity contribution in [1.29, 1.82) is 0 Å². The molecule has 0 spiro atoms. The van der Waals surface area contributed by atoms with E-state index >= 15 is 0 Å². The maximum Gasteiger partial charge on any atom is 0.267 e. The molecule has 0 bridgehead atoms.